The minimum atomic E-state index is -0.552. The SMILES string of the molecule is Cc1cc(-c2nc3ccn(Cc4cc(-c5cc(F)ccc5F)no4)cc-3n2)cs1. The van der Waals surface area contributed by atoms with Gasteiger partial charge in [0.1, 0.15) is 23.0 Å². The molecule has 4 heterocycles. The van der Waals surface area contributed by atoms with Crippen molar-refractivity contribution in [1.29, 1.82) is 0 Å². The summed E-state index contributed by atoms with van der Waals surface area (Å²) in [6, 6.07) is 8.79. The maximum Gasteiger partial charge on any atom is 0.161 e. The van der Waals surface area contributed by atoms with Gasteiger partial charge in [-0.1, -0.05) is 5.16 Å². The van der Waals surface area contributed by atoms with Crippen molar-refractivity contribution in [1.82, 2.24) is 19.7 Å². The number of pyridine rings is 1. The molecule has 0 aliphatic carbocycles. The van der Waals surface area contributed by atoms with E-state index in [1.54, 1.807) is 17.4 Å². The van der Waals surface area contributed by atoms with E-state index in [-0.39, 0.29) is 11.3 Å². The van der Waals surface area contributed by atoms with Crippen LogP contribution in [0, 0.1) is 18.6 Å². The quantitative estimate of drug-likeness (QED) is 0.399. The predicted octanol–water partition coefficient (Wildman–Crippen LogP) is 5.40. The van der Waals surface area contributed by atoms with Gasteiger partial charge in [-0.05, 0) is 37.3 Å². The Balaban J connectivity index is 1.42. The molecule has 0 saturated carbocycles. The number of rotatable bonds is 4. The van der Waals surface area contributed by atoms with Gasteiger partial charge < -0.3 is 9.09 Å². The molecular weight excluding hydrogens is 394 g/mol. The van der Waals surface area contributed by atoms with Gasteiger partial charge in [0.15, 0.2) is 11.6 Å². The minimum absolute atomic E-state index is 0.0676. The van der Waals surface area contributed by atoms with Gasteiger partial charge in [-0.2, -0.15) is 0 Å². The van der Waals surface area contributed by atoms with E-state index in [1.807, 2.05) is 35.3 Å². The Hall–Kier alpha value is -3.39. The molecule has 8 heteroatoms. The monoisotopic (exact) mass is 408 g/mol. The zero-order valence-electron chi connectivity index (χ0n) is 15.3. The van der Waals surface area contributed by atoms with Crippen LogP contribution in [-0.2, 0) is 6.54 Å². The van der Waals surface area contributed by atoms with Gasteiger partial charge in [0.2, 0.25) is 0 Å². The molecule has 5 nitrogen and oxygen atoms in total. The van der Waals surface area contributed by atoms with Crippen molar-refractivity contribution in [3.63, 3.8) is 0 Å². The molecule has 2 aromatic heterocycles. The van der Waals surface area contributed by atoms with E-state index < -0.39 is 11.6 Å². The summed E-state index contributed by atoms with van der Waals surface area (Å²) in [5.74, 6) is 0.132. The van der Waals surface area contributed by atoms with Gasteiger partial charge in [0, 0.05) is 39.8 Å². The summed E-state index contributed by atoms with van der Waals surface area (Å²) >= 11 is 1.66. The largest absolute Gasteiger partial charge is 0.359 e. The lowest BCUT2D eigenvalue weighted by Gasteiger charge is -2.04. The van der Waals surface area contributed by atoms with Crippen LogP contribution in [0.15, 0.2) is 58.7 Å². The first-order chi connectivity index (χ1) is 14.0. The normalized spacial score (nSPS) is 11.4. The molecule has 0 spiro atoms. The number of aryl methyl sites for hydroxylation is 1. The van der Waals surface area contributed by atoms with Crippen molar-refractivity contribution < 1.29 is 13.3 Å². The highest BCUT2D eigenvalue weighted by Gasteiger charge is 2.15. The van der Waals surface area contributed by atoms with Gasteiger partial charge in [0.05, 0.1) is 12.2 Å². The van der Waals surface area contributed by atoms with Crippen molar-refractivity contribution in [2.75, 3.05) is 0 Å². The number of aromatic nitrogens is 4. The van der Waals surface area contributed by atoms with Crippen molar-refractivity contribution >= 4 is 11.3 Å². The van der Waals surface area contributed by atoms with E-state index in [2.05, 4.69) is 21.2 Å². The van der Waals surface area contributed by atoms with E-state index in [0.29, 0.717) is 18.1 Å². The molecule has 144 valence electrons. The van der Waals surface area contributed by atoms with Gasteiger partial charge in [0.25, 0.3) is 0 Å². The smallest absolute Gasteiger partial charge is 0.161 e. The molecule has 0 bridgehead atoms. The number of nitrogens with zero attached hydrogens (tertiary/aromatic N) is 4. The van der Waals surface area contributed by atoms with E-state index in [9.17, 15) is 8.78 Å². The van der Waals surface area contributed by atoms with Crippen LogP contribution in [0.2, 0.25) is 0 Å². The maximum absolute atomic E-state index is 13.9. The van der Waals surface area contributed by atoms with Crippen LogP contribution >= 0.6 is 11.3 Å². The molecule has 5 rings (SSSR count). The molecule has 0 unspecified atom stereocenters. The molecule has 3 aromatic rings. The summed E-state index contributed by atoms with van der Waals surface area (Å²) in [4.78, 5) is 10.4. The Morgan fingerprint density at radius 2 is 1.90 bits per heavy atom. The maximum atomic E-state index is 13.9. The van der Waals surface area contributed by atoms with Gasteiger partial charge in [-0.25, -0.2) is 18.7 Å². The van der Waals surface area contributed by atoms with E-state index in [4.69, 9.17) is 4.52 Å². The van der Waals surface area contributed by atoms with Crippen LogP contribution in [-0.4, -0.2) is 19.7 Å². The van der Waals surface area contributed by atoms with Crippen LogP contribution in [0.5, 0.6) is 0 Å². The Morgan fingerprint density at radius 3 is 2.72 bits per heavy atom. The molecule has 29 heavy (non-hydrogen) atoms. The fourth-order valence-electron chi connectivity index (χ4n) is 3.13. The van der Waals surface area contributed by atoms with Crippen molar-refractivity contribution in [2.24, 2.45) is 0 Å². The molecular formula is C21H14F2N4OS. The van der Waals surface area contributed by atoms with Crippen LogP contribution in [0.4, 0.5) is 8.78 Å². The Kier molecular flexibility index (Phi) is 4.21. The van der Waals surface area contributed by atoms with Crippen molar-refractivity contribution in [3.8, 4) is 34.0 Å². The van der Waals surface area contributed by atoms with Crippen LogP contribution in [0.25, 0.3) is 34.0 Å². The molecule has 0 radical (unpaired) electrons. The second kappa shape index (κ2) is 6.89. The number of halogens is 2. The molecule has 2 aliphatic heterocycles. The van der Waals surface area contributed by atoms with Crippen LogP contribution < -0.4 is 0 Å². The van der Waals surface area contributed by atoms with Gasteiger partial charge in [-0.3, -0.25) is 0 Å². The second-order valence-electron chi connectivity index (χ2n) is 6.68. The molecule has 0 fully saturated rings. The first-order valence-corrected chi connectivity index (χ1v) is 9.73. The third kappa shape index (κ3) is 3.42. The molecule has 0 saturated heterocycles. The number of fused-ring (bicyclic) bond motifs is 1. The summed E-state index contributed by atoms with van der Waals surface area (Å²) in [6.07, 6.45) is 3.74. The molecule has 2 aliphatic rings. The molecule has 1 aromatic carbocycles. The standard InChI is InChI=1S/C21H14F2N4OS/c1-12-6-13(11-29-12)21-24-18-4-5-27(10-20(18)25-21)9-15-8-19(26-28-15)16-7-14(22)2-3-17(16)23/h2-8,10-11H,9H2,1H3. The van der Waals surface area contributed by atoms with Crippen molar-refractivity contribution in [3.05, 3.63) is 76.4 Å². The second-order valence-corrected chi connectivity index (χ2v) is 7.80. The number of hydrogen-bond acceptors (Lipinski definition) is 5. The summed E-state index contributed by atoms with van der Waals surface area (Å²) < 4.78 is 34.6. The Labute approximate surface area is 168 Å². The summed E-state index contributed by atoms with van der Waals surface area (Å²) in [7, 11) is 0. The summed E-state index contributed by atoms with van der Waals surface area (Å²) in [5.41, 5.74) is 2.90. The number of imidazole rings is 1. The van der Waals surface area contributed by atoms with Gasteiger partial charge >= 0.3 is 0 Å². The predicted molar refractivity (Wildman–Crippen MR) is 106 cm³/mol. The zero-order valence-corrected chi connectivity index (χ0v) is 16.1. The highest BCUT2D eigenvalue weighted by Crippen LogP contribution is 2.28. The lowest BCUT2D eigenvalue weighted by Crippen LogP contribution is -1.99. The number of thiophene rings is 1. The zero-order chi connectivity index (χ0) is 20.0. The van der Waals surface area contributed by atoms with Gasteiger partial charge in [-0.15, -0.1) is 11.3 Å². The fraction of sp³-hybridized carbons (Fsp3) is 0.0952. The molecule has 0 atom stereocenters. The lowest BCUT2D eigenvalue weighted by atomic mass is 10.1. The van der Waals surface area contributed by atoms with E-state index in [0.717, 1.165) is 35.2 Å². The number of hydrogen-bond donors (Lipinski definition) is 0. The van der Waals surface area contributed by atoms with Crippen LogP contribution in [0.3, 0.4) is 0 Å². The lowest BCUT2D eigenvalue weighted by molar-refractivity contribution is 0.378. The highest BCUT2D eigenvalue weighted by molar-refractivity contribution is 7.10. The molecule has 0 N–H and O–H groups in total. The minimum Gasteiger partial charge on any atom is -0.359 e. The first kappa shape index (κ1) is 17.7. The third-order valence-electron chi connectivity index (χ3n) is 4.52. The van der Waals surface area contributed by atoms with Crippen molar-refractivity contribution in [2.45, 2.75) is 13.5 Å². The average molecular weight is 408 g/mol. The Bertz CT molecular complexity index is 1290. The third-order valence-corrected chi connectivity index (χ3v) is 5.38. The first-order valence-electron chi connectivity index (χ1n) is 8.85. The topological polar surface area (TPSA) is 56.7 Å². The van der Waals surface area contributed by atoms with E-state index >= 15 is 0 Å². The fourth-order valence-corrected chi connectivity index (χ4v) is 3.81. The summed E-state index contributed by atoms with van der Waals surface area (Å²) in [5, 5.41) is 5.91. The Morgan fingerprint density at radius 1 is 1.03 bits per heavy atom. The molecule has 0 amide bonds. The highest BCUT2D eigenvalue weighted by atomic mass is 32.1. The average Bonchev–Trinajstić information content (AvgIpc) is 3.43. The van der Waals surface area contributed by atoms with Crippen LogP contribution in [0.1, 0.15) is 10.6 Å². The van der Waals surface area contributed by atoms with E-state index in [1.165, 1.54) is 4.88 Å². The number of benzene rings is 1. The summed E-state index contributed by atoms with van der Waals surface area (Å²) in [6.45, 7) is 2.42.